The summed E-state index contributed by atoms with van der Waals surface area (Å²) in [6, 6.07) is 12.5. The fourth-order valence-corrected chi connectivity index (χ4v) is 4.23. The number of aromatic nitrogens is 4. The second-order valence-corrected chi connectivity index (χ2v) is 8.46. The maximum absolute atomic E-state index is 13.0. The number of benzene rings is 1. The number of nitrogens with zero attached hydrogens (tertiary/aromatic N) is 5. The molecule has 1 saturated carbocycles. The van der Waals surface area contributed by atoms with Crippen molar-refractivity contribution in [1.82, 2.24) is 24.6 Å². The van der Waals surface area contributed by atoms with Crippen LogP contribution in [0.5, 0.6) is 0 Å². The first-order valence-electron chi connectivity index (χ1n) is 9.85. The van der Waals surface area contributed by atoms with E-state index in [2.05, 4.69) is 47.2 Å². The topological polar surface area (TPSA) is 63.9 Å². The van der Waals surface area contributed by atoms with Crippen molar-refractivity contribution in [2.75, 3.05) is 5.75 Å². The number of carbonyl (C=O) groups excluding carboxylic acids is 1. The Kier molecular flexibility index (Phi) is 5.67. The van der Waals surface area contributed by atoms with Crippen molar-refractivity contribution in [1.29, 1.82) is 0 Å². The molecule has 7 heteroatoms. The van der Waals surface area contributed by atoms with Crippen LogP contribution in [-0.2, 0) is 11.3 Å². The van der Waals surface area contributed by atoms with Crippen LogP contribution in [-0.4, -0.2) is 42.4 Å². The average Bonchev–Trinajstić information content (AvgIpc) is 3.50. The van der Waals surface area contributed by atoms with E-state index in [1.54, 1.807) is 6.20 Å². The summed E-state index contributed by atoms with van der Waals surface area (Å²) in [4.78, 5) is 19.3. The summed E-state index contributed by atoms with van der Waals surface area (Å²) in [5.41, 5.74) is 4.32. The van der Waals surface area contributed by atoms with E-state index in [4.69, 9.17) is 0 Å². The molecular formula is C22H25N5OS. The summed E-state index contributed by atoms with van der Waals surface area (Å²) >= 11 is 1.45. The number of thioether (sulfide) groups is 1. The lowest BCUT2D eigenvalue weighted by molar-refractivity contribution is -0.129. The normalized spacial score (nSPS) is 13.5. The van der Waals surface area contributed by atoms with Crippen LogP contribution in [0.4, 0.5) is 0 Å². The molecule has 0 bridgehead atoms. The molecule has 4 rings (SSSR count). The molecule has 2 aromatic heterocycles. The van der Waals surface area contributed by atoms with E-state index in [0.717, 1.165) is 40.8 Å². The molecular weight excluding hydrogens is 382 g/mol. The van der Waals surface area contributed by atoms with Crippen LogP contribution in [0.25, 0.3) is 5.69 Å². The molecule has 0 unspecified atom stereocenters. The lowest BCUT2D eigenvalue weighted by Crippen LogP contribution is -2.34. The molecule has 29 heavy (non-hydrogen) atoms. The van der Waals surface area contributed by atoms with Crippen molar-refractivity contribution in [3.05, 3.63) is 65.2 Å². The highest BCUT2D eigenvalue weighted by Gasteiger charge is 2.33. The molecule has 1 amide bonds. The lowest BCUT2D eigenvalue weighted by Gasteiger charge is -2.22. The van der Waals surface area contributed by atoms with Crippen LogP contribution in [0.1, 0.15) is 35.5 Å². The summed E-state index contributed by atoms with van der Waals surface area (Å²) < 4.78 is 2.04. The van der Waals surface area contributed by atoms with Gasteiger partial charge in [0.25, 0.3) is 0 Å². The second kappa shape index (κ2) is 8.37. The molecule has 150 valence electrons. The minimum absolute atomic E-state index is 0.122. The highest BCUT2D eigenvalue weighted by atomic mass is 32.2. The van der Waals surface area contributed by atoms with Crippen LogP contribution < -0.4 is 0 Å². The minimum atomic E-state index is 0.122. The van der Waals surface area contributed by atoms with Crippen LogP contribution in [0, 0.1) is 20.8 Å². The summed E-state index contributed by atoms with van der Waals surface area (Å²) in [6.07, 6.45) is 3.91. The fourth-order valence-electron chi connectivity index (χ4n) is 3.36. The monoisotopic (exact) mass is 407 g/mol. The van der Waals surface area contributed by atoms with Gasteiger partial charge in [0, 0.05) is 12.2 Å². The molecule has 0 atom stereocenters. The van der Waals surface area contributed by atoms with E-state index in [0.29, 0.717) is 18.3 Å². The average molecular weight is 408 g/mol. The Labute approximate surface area is 175 Å². The number of pyridine rings is 1. The Hall–Kier alpha value is -2.67. The Bertz CT molecular complexity index is 1010. The van der Waals surface area contributed by atoms with Gasteiger partial charge in [0.2, 0.25) is 5.91 Å². The summed E-state index contributed by atoms with van der Waals surface area (Å²) in [6.45, 7) is 6.66. The quantitative estimate of drug-likeness (QED) is 0.556. The third-order valence-corrected chi connectivity index (χ3v) is 6.01. The van der Waals surface area contributed by atoms with Crippen LogP contribution in [0.2, 0.25) is 0 Å². The van der Waals surface area contributed by atoms with Gasteiger partial charge in [0.05, 0.1) is 23.7 Å². The van der Waals surface area contributed by atoms with Crippen LogP contribution >= 0.6 is 11.8 Å². The zero-order valence-corrected chi connectivity index (χ0v) is 17.8. The smallest absolute Gasteiger partial charge is 0.233 e. The molecule has 1 aromatic carbocycles. The van der Waals surface area contributed by atoms with Gasteiger partial charge in [-0.25, -0.2) is 0 Å². The van der Waals surface area contributed by atoms with Crippen molar-refractivity contribution in [3.8, 4) is 5.69 Å². The number of aryl methyl sites for hydroxylation is 3. The van der Waals surface area contributed by atoms with Gasteiger partial charge in [-0.2, -0.15) is 0 Å². The van der Waals surface area contributed by atoms with Gasteiger partial charge in [0.15, 0.2) is 5.16 Å². The number of hydrogen-bond donors (Lipinski definition) is 0. The van der Waals surface area contributed by atoms with Crippen molar-refractivity contribution in [2.45, 2.75) is 51.4 Å². The second-order valence-electron chi connectivity index (χ2n) is 7.52. The van der Waals surface area contributed by atoms with Crippen molar-refractivity contribution in [3.63, 3.8) is 0 Å². The van der Waals surface area contributed by atoms with E-state index in [-0.39, 0.29) is 5.91 Å². The first-order chi connectivity index (χ1) is 14.0. The Morgan fingerprint density at radius 2 is 2.00 bits per heavy atom. The van der Waals surface area contributed by atoms with E-state index < -0.39 is 0 Å². The number of amides is 1. The maximum atomic E-state index is 13.0. The molecule has 1 aliphatic rings. The first kappa shape index (κ1) is 19.6. The minimum Gasteiger partial charge on any atom is -0.333 e. The van der Waals surface area contributed by atoms with E-state index in [1.807, 2.05) is 34.6 Å². The summed E-state index contributed by atoms with van der Waals surface area (Å²) in [7, 11) is 0. The largest absolute Gasteiger partial charge is 0.333 e. The van der Waals surface area contributed by atoms with Crippen molar-refractivity contribution < 1.29 is 4.79 Å². The Morgan fingerprint density at radius 1 is 1.17 bits per heavy atom. The molecule has 0 saturated heterocycles. The van der Waals surface area contributed by atoms with Crippen molar-refractivity contribution >= 4 is 17.7 Å². The van der Waals surface area contributed by atoms with E-state index >= 15 is 0 Å². The van der Waals surface area contributed by atoms with Gasteiger partial charge in [0.1, 0.15) is 5.82 Å². The fraction of sp³-hybridized carbons (Fsp3) is 0.364. The predicted molar refractivity (Wildman–Crippen MR) is 114 cm³/mol. The molecule has 0 spiro atoms. The molecule has 6 nitrogen and oxygen atoms in total. The standard InChI is InChI=1S/C22H25N5OS/c1-15-7-8-16(2)20(12-15)27-17(3)24-25-22(27)29-14-21(28)26(19-9-10-19)13-18-6-4-5-11-23-18/h4-8,11-12,19H,9-10,13-14H2,1-3H3. The molecule has 2 heterocycles. The lowest BCUT2D eigenvalue weighted by atomic mass is 10.1. The van der Waals surface area contributed by atoms with Crippen LogP contribution in [0.15, 0.2) is 47.8 Å². The Morgan fingerprint density at radius 3 is 2.72 bits per heavy atom. The highest BCUT2D eigenvalue weighted by molar-refractivity contribution is 7.99. The SMILES string of the molecule is Cc1ccc(C)c(-n2c(C)nnc2SCC(=O)N(Cc2ccccn2)C2CC2)c1. The van der Waals surface area contributed by atoms with Gasteiger partial charge in [-0.05, 0) is 62.9 Å². The zero-order valence-electron chi connectivity index (χ0n) is 17.0. The van der Waals surface area contributed by atoms with Gasteiger partial charge < -0.3 is 4.90 Å². The molecule has 0 radical (unpaired) electrons. The van der Waals surface area contributed by atoms with Crippen LogP contribution in [0.3, 0.4) is 0 Å². The Balaban J connectivity index is 1.50. The molecule has 3 aromatic rings. The van der Waals surface area contributed by atoms with Gasteiger partial charge in [-0.3, -0.25) is 14.3 Å². The molecule has 1 aliphatic carbocycles. The molecule has 1 fully saturated rings. The van der Waals surface area contributed by atoms with E-state index in [9.17, 15) is 4.79 Å². The van der Waals surface area contributed by atoms with Gasteiger partial charge in [-0.1, -0.05) is 30.0 Å². The third-order valence-electron chi connectivity index (χ3n) is 5.09. The number of rotatable bonds is 7. The summed E-state index contributed by atoms with van der Waals surface area (Å²) in [5, 5.41) is 9.34. The predicted octanol–water partition coefficient (Wildman–Crippen LogP) is 3.87. The van der Waals surface area contributed by atoms with Gasteiger partial charge >= 0.3 is 0 Å². The highest BCUT2D eigenvalue weighted by Crippen LogP contribution is 2.30. The third kappa shape index (κ3) is 4.50. The maximum Gasteiger partial charge on any atom is 0.233 e. The van der Waals surface area contributed by atoms with E-state index in [1.165, 1.54) is 17.3 Å². The number of carbonyl (C=O) groups is 1. The molecule has 0 N–H and O–H groups in total. The van der Waals surface area contributed by atoms with Gasteiger partial charge in [-0.15, -0.1) is 10.2 Å². The number of hydrogen-bond acceptors (Lipinski definition) is 5. The van der Waals surface area contributed by atoms with Crippen molar-refractivity contribution in [2.24, 2.45) is 0 Å². The zero-order chi connectivity index (χ0) is 20.4. The first-order valence-corrected chi connectivity index (χ1v) is 10.8. The molecule has 0 aliphatic heterocycles. The summed E-state index contributed by atoms with van der Waals surface area (Å²) in [5.74, 6) is 1.28.